The van der Waals surface area contributed by atoms with E-state index >= 15 is 4.39 Å². The summed E-state index contributed by atoms with van der Waals surface area (Å²) in [5, 5.41) is 5.69. The molecule has 2 fully saturated rings. The molecule has 4 N–H and O–H groups in total. The summed E-state index contributed by atoms with van der Waals surface area (Å²) in [6.07, 6.45) is 2.71. The molecule has 0 atom stereocenters. The van der Waals surface area contributed by atoms with E-state index in [0.717, 1.165) is 45.6 Å². The number of likely N-dealkylation sites (N-methyl/N-ethyl adjacent to an activating group) is 1. The number of fused-ring (bicyclic) bond motifs is 1. The molecule has 0 unspecified atom stereocenters. The van der Waals surface area contributed by atoms with Crippen molar-refractivity contribution in [1.82, 2.24) is 24.3 Å². The lowest BCUT2D eigenvalue weighted by atomic mass is 10.1. The van der Waals surface area contributed by atoms with Gasteiger partial charge in [0.2, 0.25) is 0 Å². The number of nitrogens with zero attached hydrogens (tertiary/aromatic N) is 5. The van der Waals surface area contributed by atoms with Gasteiger partial charge in [0, 0.05) is 61.8 Å². The number of benzene rings is 2. The van der Waals surface area contributed by atoms with Crippen LogP contribution in [0.1, 0.15) is 43.4 Å². The Balaban J connectivity index is 1.15. The number of rotatable bonds is 8. The van der Waals surface area contributed by atoms with Crippen molar-refractivity contribution in [2.45, 2.75) is 38.8 Å². The largest absolute Gasteiger partial charge is 0.383 e. The van der Waals surface area contributed by atoms with Crippen molar-refractivity contribution < 1.29 is 18.0 Å². The van der Waals surface area contributed by atoms with Crippen LogP contribution in [-0.2, 0) is 6.54 Å². The van der Waals surface area contributed by atoms with Gasteiger partial charge in [-0.3, -0.25) is 4.90 Å². The number of carbonyl (C=O) groups excluding carboxylic acids is 1. The first kappa shape index (κ1) is 28.0. The maximum absolute atomic E-state index is 15.2. The van der Waals surface area contributed by atoms with Gasteiger partial charge in [0.15, 0.2) is 0 Å². The first-order valence-corrected chi connectivity index (χ1v) is 14.1. The van der Waals surface area contributed by atoms with Gasteiger partial charge in [-0.1, -0.05) is 19.1 Å². The van der Waals surface area contributed by atoms with E-state index < -0.39 is 18.3 Å². The van der Waals surface area contributed by atoms with Crippen molar-refractivity contribution >= 4 is 34.3 Å². The van der Waals surface area contributed by atoms with Crippen molar-refractivity contribution in [1.29, 1.82) is 0 Å². The van der Waals surface area contributed by atoms with Gasteiger partial charge in [-0.25, -0.2) is 27.9 Å². The smallest absolute Gasteiger partial charge is 0.323 e. The first-order chi connectivity index (χ1) is 20.3. The zero-order chi connectivity index (χ0) is 29.4. The molecule has 0 bridgehead atoms. The standard InChI is InChI=1S/C30H33F3N8O/c1-2-39-9-11-40(12-10-39)15-19-3-5-20(14-22(19)27(32)33)37-30(42)38-25-8-4-18(13-24(25)31)23-16-41(21-6-7-21)29-26(23)28(34)35-17-36-29/h3-5,8,13-14,16-17,21,27H,2,6-7,9-12,15H2,1H3,(H2,34,35,36)(H2,37,38,42). The average Bonchev–Trinajstić information content (AvgIpc) is 3.75. The summed E-state index contributed by atoms with van der Waals surface area (Å²) in [5.41, 5.74) is 8.67. The topological polar surface area (TPSA) is 104 Å². The van der Waals surface area contributed by atoms with E-state index in [9.17, 15) is 13.6 Å². The number of nitrogens with one attached hydrogen (secondary N) is 2. The van der Waals surface area contributed by atoms with Crippen molar-refractivity contribution in [3.8, 4) is 11.1 Å². The SMILES string of the molecule is CCN1CCN(Cc2ccc(NC(=O)Nc3ccc(-c4cn(C5CC5)c5ncnc(N)c45)cc3F)cc2C(F)F)CC1. The fourth-order valence-electron chi connectivity index (χ4n) is 5.55. The molecular formula is C30H33F3N8O. The molecule has 2 aromatic heterocycles. The molecule has 2 aromatic carbocycles. The second kappa shape index (κ2) is 11.6. The highest BCUT2D eigenvalue weighted by Crippen LogP contribution is 2.42. The highest BCUT2D eigenvalue weighted by atomic mass is 19.3. The van der Waals surface area contributed by atoms with Crippen LogP contribution in [0.5, 0.6) is 0 Å². The second-order valence-corrected chi connectivity index (χ2v) is 10.8. The van der Waals surface area contributed by atoms with Crippen molar-refractivity contribution in [2.24, 2.45) is 0 Å². The molecule has 1 aliphatic carbocycles. The number of hydrogen-bond acceptors (Lipinski definition) is 6. The Hall–Kier alpha value is -4.16. The van der Waals surface area contributed by atoms with Crippen molar-refractivity contribution in [3.05, 3.63) is 65.9 Å². The Morgan fingerprint density at radius 1 is 1.05 bits per heavy atom. The van der Waals surface area contributed by atoms with Crippen LogP contribution in [0.25, 0.3) is 22.2 Å². The third-order valence-electron chi connectivity index (χ3n) is 8.05. The Labute approximate surface area is 241 Å². The number of hydrogen-bond donors (Lipinski definition) is 3. The number of nitrogen functional groups attached to an aromatic ring is 1. The van der Waals surface area contributed by atoms with Gasteiger partial charge in [0.1, 0.15) is 23.6 Å². The van der Waals surface area contributed by atoms with Crippen LogP contribution >= 0.6 is 0 Å². The molecule has 1 saturated carbocycles. The molecule has 9 nitrogen and oxygen atoms in total. The molecular weight excluding hydrogens is 545 g/mol. The maximum atomic E-state index is 15.2. The van der Waals surface area contributed by atoms with Crippen LogP contribution in [0.15, 0.2) is 48.9 Å². The molecule has 2 amide bonds. The number of piperazine rings is 1. The van der Waals surface area contributed by atoms with Crippen LogP contribution in [0.2, 0.25) is 0 Å². The second-order valence-electron chi connectivity index (χ2n) is 10.8. The number of aromatic nitrogens is 3. The van der Waals surface area contributed by atoms with Gasteiger partial charge in [0.05, 0.1) is 11.1 Å². The maximum Gasteiger partial charge on any atom is 0.323 e. The summed E-state index contributed by atoms with van der Waals surface area (Å²) in [6.45, 7) is 6.94. The van der Waals surface area contributed by atoms with Gasteiger partial charge >= 0.3 is 6.03 Å². The third kappa shape index (κ3) is 5.77. The fraction of sp³-hybridized carbons (Fsp3) is 0.367. The van der Waals surface area contributed by atoms with E-state index in [1.165, 1.54) is 24.5 Å². The van der Waals surface area contributed by atoms with Crippen LogP contribution in [0.4, 0.5) is 35.2 Å². The molecule has 220 valence electrons. The van der Waals surface area contributed by atoms with E-state index in [-0.39, 0.29) is 16.9 Å². The number of carbonyl (C=O) groups is 1. The van der Waals surface area contributed by atoms with Gasteiger partial charge in [-0.05, 0) is 54.8 Å². The normalized spacial score (nSPS) is 16.3. The van der Waals surface area contributed by atoms with E-state index in [1.807, 2.05) is 10.8 Å². The third-order valence-corrected chi connectivity index (χ3v) is 8.05. The summed E-state index contributed by atoms with van der Waals surface area (Å²) in [4.78, 5) is 25.7. The number of urea groups is 1. The lowest BCUT2D eigenvalue weighted by Gasteiger charge is -2.34. The minimum Gasteiger partial charge on any atom is -0.383 e. The molecule has 4 aromatic rings. The Morgan fingerprint density at radius 2 is 1.81 bits per heavy atom. The molecule has 0 radical (unpaired) electrons. The highest BCUT2D eigenvalue weighted by molar-refractivity contribution is 6.02. The monoisotopic (exact) mass is 578 g/mol. The molecule has 12 heteroatoms. The quantitative estimate of drug-likeness (QED) is 0.242. The molecule has 6 rings (SSSR count). The number of halogens is 3. The summed E-state index contributed by atoms with van der Waals surface area (Å²) in [6, 6.07) is 8.53. The summed E-state index contributed by atoms with van der Waals surface area (Å²) < 4.78 is 45.1. The Bertz CT molecular complexity index is 1610. The van der Waals surface area contributed by atoms with Crippen LogP contribution < -0.4 is 16.4 Å². The van der Waals surface area contributed by atoms with Gasteiger partial charge < -0.3 is 25.8 Å². The molecule has 42 heavy (non-hydrogen) atoms. The molecule has 0 spiro atoms. The Morgan fingerprint density at radius 3 is 2.50 bits per heavy atom. The lowest BCUT2D eigenvalue weighted by Crippen LogP contribution is -2.45. The molecule has 1 aliphatic heterocycles. The lowest BCUT2D eigenvalue weighted by molar-refractivity contribution is 0.126. The number of alkyl halides is 2. The van der Waals surface area contributed by atoms with Gasteiger partial charge in [0.25, 0.3) is 6.43 Å². The van der Waals surface area contributed by atoms with Gasteiger partial charge in [-0.2, -0.15) is 0 Å². The molecule has 2 aliphatic rings. The fourth-order valence-corrected chi connectivity index (χ4v) is 5.55. The minimum atomic E-state index is -2.70. The summed E-state index contributed by atoms with van der Waals surface area (Å²) in [5.74, 6) is -0.346. The summed E-state index contributed by atoms with van der Waals surface area (Å²) in [7, 11) is 0. The first-order valence-electron chi connectivity index (χ1n) is 14.1. The average molecular weight is 579 g/mol. The molecule has 1 saturated heterocycles. The van der Waals surface area contributed by atoms with Crippen LogP contribution in [0, 0.1) is 5.82 Å². The van der Waals surface area contributed by atoms with Gasteiger partial charge in [-0.15, -0.1) is 0 Å². The van der Waals surface area contributed by atoms with E-state index in [1.54, 1.807) is 18.2 Å². The number of amides is 2. The molecule has 3 heterocycles. The van der Waals surface area contributed by atoms with Crippen LogP contribution in [0.3, 0.4) is 0 Å². The zero-order valence-corrected chi connectivity index (χ0v) is 23.3. The van der Waals surface area contributed by atoms with E-state index in [0.29, 0.717) is 46.1 Å². The van der Waals surface area contributed by atoms with Crippen molar-refractivity contribution in [2.75, 3.05) is 49.1 Å². The van der Waals surface area contributed by atoms with Crippen LogP contribution in [-0.4, -0.2) is 63.1 Å². The summed E-state index contributed by atoms with van der Waals surface area (Å²) >= 11 is 0. The zero-order valence-electron chi connectivity index (χ0n) is 23.3. The number of anilines is 3. The van der Waals surface area contributed by atoms with E-state index in [2.05, 4.69) is 37.3 Å². The predicted octanol–water partition coefficient (Wildman–Crippen LogP) is 5.87. The predicted molar refractivity (Wildman–Crippen MR) is 157 cm³/mol. The minimum absolute atomic E-state index is 0.0525. The number of nitrogens with two attached hydrogens (primary N) is 1. The van der Waals surface area contributed by atoms with Crippen molar-refractivity contribution in [3.63, 3.8) is 0 Å². The highest BCUT2D eigenvalue weighted by Gasteiger charge is 2.28. The Kier molecular flexibility index (Phi) is 7.74. The van der Waals surface area contributed by atoms with E-state index in [4.69, 9.17) is 5.73 Å².